The van der Waals surface area contributed by atoms with E-state index in [-0.39, 0.29) is 17.6 Å². The highest BCUT2D eigenvalue weighted by atomic mass is 32.2. The van der Waals surface area contributed by atoms with Crippen molar-refractivity contribution in [1.82, 2.24) is 10.2 Å². The number of hydrogen-bond donors (Lipinski definition) is 1. The zero-order valence-corrected chi connectivity index (χ0v) is 12.1. The average Bonchev–Trinajstić information content (AvgIpc) is 2.84. The summed E-state index contributed by atoms with van der Waals surface area (Å²) in [6, 6.07) is 0. The van der Waals surface area contributed by atoms with Crippen molar-refractivity contribution < 1.29 is 9.59 Å². The smallest absolute Gasteiger partial charge is 0.229 e. The van der Waals surface area contributed by atoms with E-state index < -0.39 is 0 Å². The van der Waals surface area contributed by atoms with E-state index in [4.69, 9.17) is 0 Å². The van der Waals surface area contributed by atoms with Gasteiger partial charge in [0.05, 0.1) is 0 Å². The van der Waals surface area contributed by atoms with Crippen LogP contribution in [0, 0.1) is 5.92 Å². The van der Waals surface area contributed by atoms with Crippen molar-refractivity contribution in [3.05, 3.63) is 12.7 Å². The fourth-order valence-electron chi connectivity index (χ4n) is 1.90. The van der Waals surface area contributed by atoms with Crippen LogP contribution in [0.3, 0.4) is 0 Å². The highest BCUT2D eigenvalue weighted by molar-refractivity contribution is 8.01. The topological polar surface area (TPSA) is 72.0 Å². The minimum Gasteiger partial charge on any atom is -0.300 e. The molecule has 0 bridgehead atoms. The lowest BCUT2D eigenvalue weighted by atomic mass is 9.88. The number of amides is 1. The normalized spacial score (nSPS) is 19.2. The molecule has 19 heavy (non-hydrogen) atoms. The molecule has 1 aliphatic carbocycles. The first kappa shape index (κ1) is 14.2. The first-order valence-corrected chi connectivity index (χ1v) is 7.89. The summed E-state index contributed by atoms with van der Waals surface area (Å²) in [4.78, 5) is 23.3. The molecule has 7 heteroatoms. The predicted octanol–water partition coefficient (Wildman–Crippen LogP) is 2.51. The Kier molecular flexibility index (Phi) is 5.09. The second-order valence-electron chi connectivity index (χ2n) is 4.29. The van der Waals surface area contributed by atoms with E-state index in [1.165, 1.54) is 23.1 Å². The maximum Gasteiger partial charge on any atom is 0.229 e. The molecule has 0 saturated heterocycles. The number of hydrogen-bond acceptors (Lipinski definition) is 6. The van der Waals surface area contributed by atoms with Crippen LogP contribution in [0.5, 0.6) is 0 Å². The molecule has 1 fully saturated rings. The standard InChI is InChI=1S/C12H15N3O2S2/c1-2-6-18-12-15-14-11(19-12)13-10(17)8-4-3-5-9(16)7-8/h2,8H,1,3-7H2,(H,13,14,17). The monoisotopic (exact) mass is 297 g/mol. The van der Waals surface area contributed by atoms with Gasteiger partial charge in [-0.05, 0) is 12.8 Å². The SMILES string of the molecule is C=CCSc1nnc(NC(=O)C2CCCC(=O)C2)s1. The highest BCUT2D eigenvalue weighted by Gasteiger charge is 2.26. The van der Waals surface area contributed by atoms with Gasteiger partial charge in [0, 0.05) is 24.5 Å². The maximum absolute atomic E-state index is 12.0. The van der Waals surface area contributed by atoms with Crippen LogP contribution in [0.2, 0.25) is 0 Å². The quantitative estimate of drug-likeness (QED) is 0.513. The van der Waals surface area contributed by atoms with E-state index >= 15 is 0 Å². The average molecular weight is 297 g/mol. The summed E-state index contributed by atoms with van der Waals surface area (Å²) in [6.07, 6.45) is 4.31. The first-order chi connectivity index (χ1) is 9.19. The molecule has 1 aromatic rings. The summed E-state index contributed by atoms with van der Waals surface area (Å²) in [6.45, 7) is 3.63. The van der Waals surface area contributed by atoms with E-state index in [0.29, 0.717) is 18.0 Å². The van der Waals surface area contributed by atoms with Crippen LogP contribution >= 0.6 is 23.1 Å². The molecular formula is C12H15N3O2S2. The molecule has 1 heterocycles. The molecule has 1 N–H and O–H groups in total. The number of carbonyl (C=O) groups is 2. The van der Waals surface area contributed by atoms with E-state index in [0.717, 1.165) is 22.9 Å². The van der Waals surface area contributed by atoms with Crippen molar-refractivity contribution in [3.8, 4) is 0 Å². The van der Waals surface area contributed by atoms with Crippen LogP contribution in [-0.2, 0) is 9.59 Å². The van der Waals surface area contributed by atoms with Crippen molar-refractivity contribution in [2.75, 3.05) is 11.1 Å². The number of Topliss-reactive ketones (excluding diaryl/α,β-unsaturated/α-hetero) is 1. The van der Waals surface area contributed by atoms with Gasteiger partial charge in [-0.15, -0.1) is 16.8 Å². The molecule has 1 saturated carbocycles. The third kappa shape index (κ3) is 4.14. The molecule has 1 aromatic heterocycles. The minimum absolute atomic E-state index is 0.121. The number of anilines is 1. The zero-order valence-electron chi connectivity index (χ0n) is 10.4. The van der Waals surface area contributed by atoms with Crippen LogP contribution in [0.4, 0.5) is 5.13 Å². The summed E-state index contributed by atoms with van der Waals surface area (Å²) in [5.74, 6) is 0.601. The molecular weight excluding hydrogens is 282 g/mol. The number of nitrogens with zero attached hydrogens (tertiary/aromatic N) is 2. The van der Waals surface area contributed by atoms with E-state index in [9.17, 15) is 9.59 Å². The second kappa shape index (κ2) is 6.81. The Balaban J connectivity index is 1.89. The Morgan fingerprint density at radius 1 is 1.58 bits per heavy atom. The lowest BCUT2D eigenvalue weighted by Gasteiger charge is -2.18. The maximum atomic E-state index is 12.0. The van der Waals surface area contributed by atoms with Crippen LogP contribution in [-0.4, -0.2) is 27.6 Å². The summed E-state index contributed by atoms with van der Waals surface area (Å²) in [5.41, 5.74) is 0. The van der Waals surface area contributed by atoms with Gasteiger partial charge in [-0.25, -0.2) is 0 Å². The summed E-state index contributed by atoms with van der Waals surface area (Å²) >= 11 is 2.87. The van der Waals surface area contributed by atoms with Crippen molar-refractivity contribution in [1.29, 1.82) is 0 Å². The molecule has 0 spiro atoms. The molecule has 1 atom stereocenters. The molecule has 1 aliphatic rings. The number of aromatic nitrogens is 2. The summed E-state index contributed by atoms with van der Waals surface area (Å²) in [7, 11) is 0. The van der Waals surface area contributed by atoms with Crippen molar-refractivity contribution in [3.63, 3.8) is 0 Å². The Morgan fingerprint density at radius 2 is 2.42 bits per heavy atom. The van der Waals surface area contributed by atoms with Crippen molar-refractivity contribution in [2.45, 2.75) is 30.0 Å². The lowest BCUT2D eigenvalue weighted by molar-refractivity contribution is -0.128. The fraction of sp³-hybridized carbons (Fsp3) is 0.500. The second-order valence-corrected chi connectivity index (χ2v) is 6.54. The number of thioether (sulfide) groups is 1. The van der Waals surface area contributed by atoms with Gasteiger partial charge < -0.3 is 5.32 Å². The highest BCUT2D eigenvalue weighted by Crippen LogP contribution is 2.27. The fourth-order valence-corrected chi connectivity index (χ4v) is 3.42. The van der Waals surface area contributed by atoms with E-state index in [1.54, 1.807) is 6.08 Å². The van der Waals surface area contributed by atoms with Crippen LogP contribution in [0.25, 0.3) is 0 Å². The van der Waals surface area contributed by atoms with Crippen molar-refractivity contribution >= 4 is 39.9 Å². The molecule has 1 unspecified atom stereocenters. The number of ketones is 1. The molecule has 2 rings (SSSR count). The van der Waals surface area contributed by atoms with Gasteiger partial charge in [0.1, 0.15) is 5.78 Å². The zero-order chi connectivity index (χ0) is 13.7. The number of carbonyl (C=O) groups excluding carboxylic acids is 2. The predicted molar refractivity (Wildman–Crippen MR) is 76.4 cm³/mol. The summed E-state index contributed by atoms with van der Waals surface area (Å²) in [5, 5.41) is 11.1. The van der Waals surface area contributed by atoms with E-state index in [1.807, 2.05) is 0 Å². The largest absolute Gasteiger partial charge is 0.300 e. The van der Waals surface area contributed by atoms with Gasteiger partial charge in [0.25, 0.3) is 0 Å². The number of rotatable bonds is 5. The van der Waals surface area contributed by atoms with E-state index in [2.05, 4.69) is 22.1 Å². The Labute approximate surface area is 119 Å². The molecule has 0 aromatic carbocycles. The number of nitrogens with one attached hydrogen (secondary N) is 1. The van der Waals surface area contributed by atoms with Crippen LogP contribution in [0.15, 0.2) is 17.0 Å². The van der Waals surface area contributed by atoms with Gasteiger partial charge in [-0.1, -0.05) is 29.2 Å². The third-order valence-corrected chi connectivity index (χ3v) is 4.78. The molecule has 0 radical (unpaired) electrons. The van der Waals surface area contributed by atoms with Gasteiger partial charge in [0.15, 0.2) is 4.34 Å². The van der Waals surface area contributed by atoms with Gasteiger partial charge in [0.2, 0.25) is 11.0 Å². The molecule has 1 amide bonds. The van der Waals surface area contributed by atoms with Crippen LogP contribution in [0.1, 0.15) is 25.7 Å². The van der Waals surface area contributed by atoms with Gasteiger partial charge >= 0.3 is 0 Å². The van der Waals surface area contributed by atoms with Gasteiger partial charge in [-0.3, -0.25) is 9.59 Å². The first-order valence-electron chi connectivity index (χ1n) is 6.09. The van der Waals surface area contributed by atoms with Crippen LogP contribution < -0.4 is 5.32 Å². The molecule has 5 nitrogen and oxygen atoms in total. The van der Waals surface area contributed by atoms with Gasteiger partial charge in [-0.2, -0.15) is 0 Å². The lowest BCUT2D eigenvalue weighted by Crippen LogP contribution is -2.28. The Hall–Kier alpha value is -1.21. The Bertz CT molecular complexity index is 487. The minimum atomic E-state index is -0.213. The Morgan fingerprint density at radius 3 is 3.16 bits per heavy atom. The molecule has 0 aliphatic heterocycles. The van der Waals surface area contributed by atoms with Crippen molar-refractivity contribution in [2.24, 2.45) is 5.92 Å². The summed E-state index contributed by atoms with van der Waals surface area (Å²) < 4.78 is 0.801. The molecule has 102 valence electrons. The third-order valence-electron chi connectivity index (χ3n) is 2.81.